The number of carbonyl (C=O) groups is 2. The third kappa shape index (κ3) is 5.19. The van der Waals surface area contributed by atoms with E-state index in [4.69, 9.17) is 26.3 Å². The van der Waals surface area contributed by atoms with Gasteiger partial charge in [0.2, 0.25) is 0 Å². The summed E-state index contributed by atoms with van der Waals surface area (Å²) in [4.78, 5) is 23.6. The number of esters is 1. The summed E-state index contributed by atoms with van der Waals surface area (Å²) in [7, 11) is 1.34. The SMILES string of the molecule is COc1ccc(CC(=O)OCC(=O)Nc2ccc(C#N)c(Cl)c2)cc1F. The highest BCUT2D eigenvalue weighted by Crippen LogP contribution is 2.20. The second kappa shape index (κ2) is 8.83. The first kappa shape index (κ1) is 19.2. The van der Waals surface area contributed by atoms with Gasteiger partial charge in [-0.3, -0.25) is 9.59 Å². The fourth-order valence-electron chi connectivity index (χ4n) is 2.06. The van der Waals surface area contributed by atoms with Crippen LogP contribution in [0.15, 0.2) is 36.4 Å². The van der Waals surface area contributed by atoms with E-state index < -0.39 is 24.3 Å². The van der Waals surface area contributed by atoms with Crippen molar-refractivity contribution in [3.05, 3.63) is 58.4 Å². The first-order chi connectivity index (χ1) is 12.4. The standard InChI is InChI=1S/C18H14ClFN2O4/c1-25-16-5-2-11(6-15(16)20)7-18(24)26-10-17(23)22-13-4-3-12(9-21)14(19)8-13/h2-6,8H,7,10H2,1H3,(H,22,23). The molecule has 1 N–H and O–H groups in total. The number of hydrogen-bond acceptors (Lipinski definition) is 5. The Morgan fingerprint density at radius 2 is 2.04 bits per heavy atom. The zero-order chi connectivity index (χ0) is 19.1. The zero-order valence-electron chi connectivity index (χ0n) is 13.7. The van der Waals surface area contributed by atoms with Crippen molar-refractivity contribution >= 4 is 29.2 Å². The number of carbonyl (C=O) groups excluding carboxylic acids is 2. The van der Waals surface area contributed by atoms with Gasteiger partial charge >= 0.3 is 5.97 Å². The molecule has 0 heterocycles. The van der Waals surface area contributed by atoms with Crippen LogP contribution in [0.3, 0.4) is 0 Å². The highest BCUT2D eigenvalue weighted by atomic mass is 35.5. The van der Waals surface area contributed by atoms with Gasteiger partial charge < -0.3 is 14.8 Å². The van der Waals surface area contributed by atoms with E-state index >= 15 is 0 Å². The lowest BCUT2D eigenvalue weighted by Gasteiger charge is -2.08. The van der Waals surface area contributed by atoms with Crippen LogP contribution in [0.5, 0.6) is 5.75 Å². The number of amides is 1. The smallest absolute Gasteiger partial charge is 0.310 e. The van der Waals surface area contributed by atoms with E-state index in [1.807, 2.05) is 6.07 Å². The number of nitriles is 1. The largest absolute Gasteiger partial charge is 0.494 e. The average Bonchev–Trinajstić information content (AvgIpc) is 2.60. The van der Waals surface area contributed by atoms with Gasteiger partial charge in [0, 0.05) is 5.69 Å². The Labute approximate surface area is 154 Å². The van der Waals surface area contributed by atoms with Gasteiger partial charge in [-0.2, -0.15) is 5.26 Å². The number of rotatable bonds is 6. The molecule has 0 aliphatic carbocycles. The molecule has 0 unspecified atom stereocenters. The molecule has 26 heavy (non-hydrogen) atoms. The summed E-state index contributed by atoms with van der Waals surface area (Å²) in [6.07, 6.45) is -0.184. The zero-order valence-corrected chi connectivity index (χ0v) is 14.5. The van der Waals surface area contributed by atoms with E-state index in [-0.39, 0.29) is 22.8 Å². The predicted molar refractivity (Wildman–Crippen MR) is 92.4 cm³/mol. The molecule has 6 nitrogen and oxygen atoms in total. The number of methoxy groups -OCH3 is 1. The van der Waals surface area contributed by atoms with Crippen molar-refractivity contribution in [2.75, 3.05) is 19.0 Å². The van der Waals surface area contributed by atoms with Gasteiger partial charge in [-0.15, -0.1) is 0 Å². The molecule has 0 spiro atoms. The summed E-state index contributed by atoms with van der Waals surface area (Å²) in [6.45, 7) is -0.505. The number of hydrogen-bond donors (Lipinski definition) is 1. The first-order valence-electron chi connectivity index (χ1n) is 7.40. The topological polar surface area (TPSA) is 88.4 Å². The lowest BCUT2D eigenvalue weighted by atomic mass is 10.1. The number of anilines is 1. The number of nitrogens with one attached hydrogen (secondary N) is 1. The summed E-state index contributed by atoms with van der Waals surface area (Å²) in [6, 6.07) is 10.4. The van der Waals surface area contributed by atoms with Crippen LogP contribution in [-0.4, -0.2) is 25.6 Å². The van der Waals surface area contributed by atoms with E-state index in [9.17, 15) is 14.0 Å². The van der Waals surface area contributed by atoms with Gasteiger partial charge in [0.05, 0.1) is 24.1 Å². The van der Waals surface area contributed by atoms with Gasteiger partial charge in [0.1, 0.15) is 6.07 Å². The Bertz CT molecular complexity index is 880. The summed E-state index contributed by atoms with van der Waals surface area (Å²) in [5, 5.41) is 11.5. The second-order valence-corrected chi connectivity index (χ2v) is 5.57. The lowest BCUT2D eigenvalue weighted by molar-refractivity contribution is -0.146. The molecule has 1 amide bonds. The summed E-state index contributed by atoms with van der Waals surface area (Å²) in [5.74, 6) is -1.77. The molecule has 2 aromatic carbocycles. The van der Waals surface area contributed by atoms with Gasteiger partial charge in [-0.25, -0.2) is 4.39 Å². The van der Waals surface area contributed by atoms with Crippen LogP contribution in [0.1, 0.15) is 11.1 Å². The molecule has 0 bridgehead atoms. The van der Waals surface area contributed by atoms with Crippen LogP contribution < -0.4 is 10.1 Å². The fourth-order valence-corrected chi connectivity index (χ4v) is 2.29. The van der Waals surface area contributed by atoms with E-state index in [1.54, 1.807) is 0 Å². The minimum Gasteiger partial charge on any atom is -0.494 e. The Hall–Kier alpha value is -3.11. The second-order valence-electron chi connectivity index (χ2n) is 5.16. The van der Waals surface area contributed by atoms with Crippen molar-refractivity contribution in [2.24, 2.45) is 0 Å². The molecule has 0 saturated carbocycles. The van der Waals surface area contributed by atoms with E-state index in [0.717, 1.165) is 0 Å². The maximum absolute atomic E-state index is 13.6. The van der Waals surface area contributed by atoms with Crippen LogP contribution in [0.4, 0.5) is 10.1 Å². The molecule has 134 valence electrons. The van der Waals surface area contributed by atoms with Crippen molar-refractivity contribution in [1.29, 1.82) is 5.26 Å². The molecule has 0 fully saturated rings. The molecule has 0 saturated heterocycles. The van der Waals surface area contributed by atoms with Gasteiger partial charge in [0.15, 0.2) is 18.2 Å². The van der Waals surface area contributed by atoms with Gasteiger partial charge in [-0.1, -0.05) is 17.7 Å². The third-order valence-corrected chi connectivity index (χ3v) is 3.61. The van der Waals surface area contributed by atoms with E-state index in [1.165, 1.54) is 43.5 Å². The fraction of sp³-hybridized carbons (Fsp3) is 0.167. The Kier molecular flexibility index (Phi) is 6.53. The molecule has 0 atom stereocenters. The Balaban J connectivity index is 1.85. The van der Waals surface area contributed by atoms with Crippen molar-refractivity contribution in [1.82, 2.24) is 0 Å². The minimum absolute atomic E-state index is 0.0718. The molecule has 8 heteroatoms. The lowest BCUT2D eigenvalue weighted by Crippen LogP contribution is -2.21. The summed E-state index contributed by atoms with van der Waals surface area (Å²) < 4.78 is 23.2. The minimum atomic E-state index is -0.678. The summed E-state index contributed by atoms with van der Waals surface area (Å²) in [5.41, 5.74) is 1.04. The molecule has 2 aromatic rings. The molecule has 0 radical (unpaired) electrons. The molecule has 0 aliphatic rings. The maximum Gasteiger partial charge on any atom is 0.310 e. The van der Waals surface area contributed by atoms with Crippen molar-refractivity contribution in [3.8, 4) is 11.8 Å². The highest BCUT2D eigenvalue weighted by molar-refractivity contribution is 6.32. The monoisotopic (exact) mass is 376 g/mol. The van der Waals surface area contributed by atoms with Crippen LogP contribution in [0.2, 0.25) is 5.02 Å². The predicted octanol–water partition coefficient (Wildman–Crippen LogP) is 3.08. The van der Waals surface area contributed by atoms with Crippen LogP contribution in [0, 0.1) is 17.1 Å². The number of halogens is 2. The van der Waals surface area contributed by atoms with Gasteiger partial charge in [-0.05, 0) is 35.9 Å². The normalized spacial score (nSPS) is 9.92. The van der Waals surface area contributed by atoms with Crippen molar-refractivity contribution in [3.63, 3.8) is 0 Å². The van der Waals surface area contributed by atoms with E-state index in [2.05, 4.69) is 5.32 Å². The van der Waals surface area contributed by atoms with Crippen LogP contribution >= 0.6 is 11.6 Å². The Morgan fingerprint density at radius 3 is 2.65 bits per heavy atom. The van der Waals surface area contributed by atoms with Crippen molar-refractivity contribution < 1.29 is 23.5 Å². The maximum atomic E-state index is 13.6. The molecule has 2 rings (SSSR count). The molecule has 0 aromatic heterocycles. The first-order valence-corrected chi connectivity index (χ1v) is 7.78. The summed E-state index contributed by atoms with van der Waals surface area (Å²) >= 11 is 5.87. The quantitative estimate of drug-likeness (QED) is 0.783. The number of ether oxygens (including phenoxy) is 2. The highest BCUT2D eigenvalue weighted by Gasteiger charge is 2.11. The van der Waals surface area contributed by atoms with Crippen molar-refractivity contribution in [2.45, 2.75) is 6.42 Å². The number of nitrogens with zero attached hydrogens (tertiary/aromatic N) is 1. The van der Waals surface area contributed by atoms with Gasteiger partial charge in [0.25, 0.3) is 5.91 Å². The molecule has 0 aliphatic heterocycles. The van der Waals surface area contributed by atoms with Crippen LogP contribution in [0.25, 0.3) is 0 Å². The average molecular weight is 377 g/mol. The number of benzene rings is 2. The van der Waals surface area contributed by atoms with E-state index in [0.29, 0.717) is 11.3 Å². The third-order valence-electron chi connectivity index (χ3n) is 3.30. The molecular weight excluding hydrogens is 363 g/mol. The Morgan fingerprint density at radius 1 is 1.27 bits per heavy atom. The molecular formula is C18H14ClFN2O4. The van der Waals surface area contributed by atoms with Crippen LogP contribution in [-0.2, 0) is 20.7 Å².